The minimum Gasteiger partial charge on any atom is -0.497 e. The van der Waals surface area contributed by atoms with E-state index in [0.29, 0.717) is 40.1 Å². The Morgan fingerprint density at radius 2 is 1.68 bits per heavy atom. The number of para-hydroxylation sites is 1. The van der Waals surface area contributed by atoms with Crippen LogP contribution in [0.1, 0.15) is 27.5 Å². The van der Waals surface area contributed by atoms with Crippen LogP contribution < -0.4 is 29.6 Å². The molecule has 0 spiro atoms. The molecular weight excluding hydrogens is 484 g/mol. The van der Waals surface area contributed by atoms with E-state index < -0.39 is 6.04 Å². The van der Waals surface area contributed by atoms with E-state index in [-0.39, 0.29) is 5.91 Å². The number of carbonyl (C=O) groups is 1. The summed E-state index contributed by atoms with van der Waals surface area (Å²) in [5.74, 6) is 2.50. The van der Waals surface area contributed by atoms with E-state index in [1.807, 2.05) is 72.8 Å². The third kappa shape index (κ3) is 4.50. The van der Waals surface area contributed by atoms with Crippen LogP contribution in [-0.4, -0.2) is 44.1 Å². The molecule has 1 aliphatic heterocycles. The molecule has 0 radical (unpaired) electrons. The molecule has 0 fully saturated rings. The molecule has 0 saturated carbocycles. The van der Waals surface area contributed by atoms with E-state index in [1.54, 1.807) is 39.3 Å². The number of rotatable bonds is 8. The Morgan fingerprint density at radius 1 is 0.895 bits per heavy atom. The van der Waals surface area contributed by atoms with E-state index in [0.717, 1.165) is 16.8 Å². The van der Waals surface area contributed by atoms with Crippen LogP contribution in [-0.2, 0) is 0 Å². The lowest BCUT2D eigenvalue weighted by molar-refractivity contribution is 0.102. The molecular formula is C29H28N4O5. The fourth-order valence-corrected chi connectivity index (χ4v) is 4.52. The fraction of sp³-hybridized carbons (Fsp3) is 0.172. The van der Waals surface area contributed by atoms with Crippen molar-refractivity contribution in [3.63, 3.8) is 0 Å². The quantitative estimate of drug-likeness (QED) is 0.334. The Hall–Kier alpha value is -4.92. The molecule has 3 aromatic carbocycles. The first-order valence-corrected chi connectivity index (χ1v) is 11.9. The van der Waals surface area contributed by atoms with Gasteiger partial charge in [-0.3, -0.25) is 4.79 Å². The second-order valence-corrected chi connectivity index (χ2v) is 8.48. The van der Waals surface area contributed by atoms with Crippen molar-refractivity contribution >= 4 is 23.1 Å². The zero-order valence-electron chi connectivity index (χ0n) is 21.5. The lowest BCUT2D eigenvalue weighted by Gasteiger charge is -2.28. The number of benzene rings is 3. The van der Waals surface area contributed by atoms with Crippen molar-refractivity contribution in [3.05, 3.63) is 95.7 Å². The molecule has 0 unspecified atom stereocenters. The summed E-state index contributed by atoms with van der Waals surface area (Å²) in [5, 5.41) is 11.0. The number of hydrogen-bond donors (Lipinski definition) is 2. The Kier molecular flexibility index (Phi) is 6.90. The summed E-state index contributed by atoms with van der Waals surface area (Å²) in [4.78, 5) is 13.3. The van der Waals surface area contributed by atoms with Crippen LogP contribution in [0.4, 0.5) is 11.5 Å². The number of amides is 1. The number of fused-ring (bicyclic) bond motifs is 1. The molecule has 38 heavy (non-hydrogen) atoms. The van der Waals surface area contributed by atoms with Crippen LogP contribution >= 0.6 is 0 Å². The highest BCUT2D eigenvalue weighted by Gasteiger charge is 2.31. The van der Waals surface area contributed by atoms with E-state index in [9.17, 15) is 4.79 Å². The fourth-order valence-electron chi connectivity index (χ4n) is 4.52. The summed E-state index contributed by atoms with van der Waals surface area (Å²) < 4.78 is 24.1. The predicted molar refractivity (Wildman–Crippen MR) is 145 cm³/mol. The first-order chi connectivity index (χ1) is 18.6. The van der Waals surface area contributed by atoms with Crippen LogP contribution in [0.2, 0.25) is 0 Å². The van der Waals surface area contributed by atoms with Gasteiger partial charge >= 0.3 is 0 Å². The molecule has 1 amide bonds. The Labute approximate surface area is 220 Å². The van der Waals surface area contributed by atoms with Crippen molar-refractivity contribution in [2.24, 2.45) is 0 Å². The van der Waals surface area contributed by atoms with Gasteiger partial charge in [0.25, 0.3) is 5.91 Å². The molecule has 2 heterocycles. The molecule has 1 atom stereocenters. The smallest absolute Gasteiger partial charge is 0.261 e. The van der Waals surface area contributed by atoms with Crippen molar-refractivity contribution in [2.45, 2.75) is 6.04 Å². The van der Waals surface area contributed by atoms with Crippen LogP contribution in [0.3, 0.4) is 0 Å². The minimum absolute atomic E-state index is 0.283. The number of methoxy groups -OCH3 is 4. The van der Waals surface area contributed by atoms with Gasteiger partial charge < -0.3 is 29.6 Å². The van der Waals surface area contributed by atoms with Gasteiger partial charge in [-0.05, 0) is 42.5 Å². The summed E-state index contributed by atoms with van der Waals surface area (Å²) in [6.07, 6.45) is 3.58. The largest absolute Gasteiger partial charge is 0.497 e. The molecule has 0 saturated heterocycles. The normalized spacial score (nSPS) is 14.0. The maximum atomic E-state index is 13.3. The number of nitrogens with one attached hydrogen (secondary N) is 2. The van der Waals surface area contributed by atoms with Crippen LogP contribution in [0.15, 0.2) is 79.0 Å². The molecule has 1 aliphatic rings. The molecule has 0 aliphatic carbocycles. The number of ether oxygens (including phenoxy) is 4. The summed E-state index contributed by atoms with van der Waals surface area (Å²) in [7, 11) is 6.35. The standard InChI is InChI=1S/C29H28N4O5/c1-35-20-12-8-9-18(15-20)23-16-24(21-13-14-25(36-2)27(38-4)26(21)37-3)33-28(32-23)22(17-30-33)29(34)31-19-10-6-5-7-11-19/h5-17,24,32H,1-4H3,(H,31,34)/t24-/m1/s1. The maximum absolute atomic E-state index is 13.3. The van der Waals surface area contributed by atoms with Crippen molar-refractivity contribution in [1.29, 1.82) is 0 Å². The van der Waals surface area contributed by atoms with E-state index in [2.05, 4.69) is 15.7 Å². The van der Waals surface area contributed by atoms with Gasteiger partial charge in [-0.15, -0.1) is 0 Å². The SMILES string of the molecule is COc1cccc(C2=C[C@H](c3ccc(OC)c(OC)c3OC)n3ncc(C(=O)Nc4ccccc4)c3N2)c1. The highest BCUT2D eigenvalue weighted by atomic mass is 16.5. The lowest BCUT2D eigenvalue weighted by atomic mass is 9.99. The number of allylic oxidation sites excluding steroid dienone is 1. The number of hydrogen-bond acceptors (Lipinski definition) is 7. The van der Waals surface area contributed by atoms with Gasteiger partial charge in [-0.25, -0.2) is 4.68 Å². The van der Waals surface area contributed by atoms with E-state index in [4.69, 9.17) is 18.9 Å². The highest BCUT2D eigenvalue weighted by molar-refractivity contribution is 6.08. The van der Waals surface area contributed by atoms with Crippen molar-refractivity contribution < 1.29 is 23.7 Å². The first-order valence-electron chi connectivity index (χ1n) is 11.9. The molecule has 194 valence electrons. The van der Waals surface area contributed by atoms with Gasteiger partial charge in [0, 0.05) is 22.5 Å². The second kappa shape index (κ2) is 10.6. The molecule has 9 heteroatoms. The van der Waals surface area contributed by atoms with Gasteiger partial charge in [0.05, 0.1) is 34.6 Å². The number of carbonyl (C=O) groups excluding carboxylic acids is 1. The third-order valence-corrected chi connectivity index (χ3v) is 6.35. The average Bonchev–Trinajstić information content (AvgIpc) is 3.40. The summed E-state index contributed by atoms with van der Waals surface area (Å²) >= 11 is 0. The summed E-state index contributed by atoms with van der Waals surface area (Å²) in [6, 6.07) is 20.3. The lowest BCUT2D eigenvalue weighted by Crippen LogP contribution is -2.22. The van der Waals surface area contributed by atoms with E-state index in [1.165, 1.54) is 0 Å². The van der Waals surface area contributed by atoms with Gasteiger partial charge in [-0.2, -0.15) is 5.10 Å². The molecule has 4 aromatic rings. The van der Waals surface area contributed by atoms with Crippen molar-refractivity contribution in [1.82, 2.24) is 9.78 Å². The van der Waals surface area contributed by atoms with Gasteiger partial charge in [0.1, 0.15) is 23.2 Å². The molecule has 9 nitrogen and oxygen atoms in total. The van der Waals surface area contributed by atoms with Gasteiger partial charge in [0.15, 0.2) is 11.5 Å². The van der Waals surface area contributed by atoms with Crippen LogP contribution in [0.5, 0.6) is 23.0 Å². The Morgan fingerprint density at radius 3 is 2.39 bits per heavy atom. The average molecular weight is 513 g/mol. The Balaban J connectivity index is 1.65. The monoisotopic (exact) mass is 512 g/mol. The summed E-state index contributed by atoms with van der Waals surface area (Å²) in [5.41, 5.74) is 3.54. The molecule has 2 N–H and O–H groups in total. The zero-order valence-corrected chi connectivity index (χ0v) is 21.5. The van der Waals surface area contributed by atoms with Crippen molar-refractivity contribution in [2.75, 3.05) is 39.1 Å². The molecule has 0 bridgehead atoms. The van der Waals surface area contributed by atoms with E-state index >= 15 is 0 Å². The number of aromatic nitrogens is 2. The molecule has 1 aromatic heterocycles. The van der Waals surface area contributed by atoms with Crippen molar-refractivity contribution in [3.8, 4) is 23.0 Å². The predicted octanol–water partition coefficient (Wildman–Crippen LogP) is 5.23. The first kappa shape index (κ1) is 24.8. The number of anilines is 2. The summed E-state index contributed by atoms with van der Waals surface area (Å²) in [6.45, 7) is 0. The zero-order chi connectivity index (χ0) is 26.6. The third-order valence-electron chi connectivity index (χ3n) is 6.35. The Bertz CT molecular complexity index is 1500. The van der Waals surface area contributed by atoms with Crippen LogP contribution in [0.25, 0.3) is 5.70 Å². The van der Waals surface area contributed by atoms with Crippen LogP contribution in [0, 0.1) is 0 Å². The number of nitrogens with zero attached hydrogens (tertiary/aromatic N) is 2. The second-order valence-electron chi connectivity index (χ2n) is 8.48. The maximum Gasteiger partial charge on any atom is 0.261 e. The van der Waals surface area contributed by atoms with Gasteiger partial charge in [-0.1, -0.05) is 30.3 Å². The highest BCUT2D eigenvalue weighted by Crippen LogP contribution is 2.46. The minimum atomic E-state index is -0.430. The topological polar surface area (TPSA) is 95.9 Å². The molecule has 5 rings (SSSR count). The van der Waals surface area contributed by atoms with Gasteiger partial charge in [0.2, 0.25) is 5.75 Å².